The molecule has 28 nitrogen and oxygen atoms in total. The summed E-state index contributed by atoms with van der Waals surface area (Å²) in [5.74, 6) is 1.74. The smallest absolute Gasteiger partial charge is 0.371 e. The summed E-state index contributed by atoms with van der Waals surface area (Å²) in [6.07, 6.45) is 26.9. The lowest BCUT2D eigenvalue weighted by Gasteiger charge is -2.29. The van der Waals surface area contributed by atoms with Crippen molar-refractivity contribution >= 4 is 78.4 Å². The summed E-state index contributed by atoms with van der Waals surface area (Å²) < 4.78 is 89.8. The Hall–Kier alpha value is -3.67. The number of methoxy groups -OCH3 is 1. The van der Waals surface area contributed by atoms with E-state index >= 15 is 0 Å². The number of aromatic nitrogens is 6. The minimum absolute atomic E-state index is 0.294. The molecule has 0 bridgehead atoms. The molecule has 3 aromatic heterocycles. The van der Waals surface area contributed by atoms with Gasteiger partial charge in [-0.25, -0.2) is 15.0 Å². The molecular weight excluding hydrogens is 1250 g/mol. The SMILES string of the molecule is CCCCCCCCCCCCOc1ccc2c(c1)ncn2CC(O)(P(=O)(O)O)P(=O)(O)O.CCCCCCCCCCCOc1ccc2c(c1)ncn2CC(O)(P(=O)(O)O)P(=O)(O)O.COc1ccc2c(c1)ncn2CC(P(C)(=O)O)P(=O)(O)O. The monoisotopic (exact) mass is 1330 g/mol. The van der Waals surface area contributed by atoms with Crippen LogP contribution < -0.4 is 14.2 Å². The minimum atomic E-state index is -5.55. The highest BCUT2D eigenvalue weighted by atomic mass is 31.2. The van der Waals surface area contributed by atoms with Crippen LogP contribution in [0.5, 0.6) is 17.2 Å². The molecule has 34 heteroatoms. The third kappa shape index (κ3) is 22.1. The summed E-state index contributed by atoms with van der Waals surface area (Å²) in [5, 5.41) is 11.5. The Morgan fingerprint density at radius 3 is 1.03 bits per heavy atom. The first-order valence-corrected chi connectivity index (χ1v) is 38.6. The van der Waals surface area contributed by atoms with E-state index in [0.717, 1.165) is 54.1 Å². The van der Waals surface area contributed by atoms with Crippen LogP contribution in [-0.2, 0) is 47.0 Å². The molecule has 0 radical (unpaired) electrons. The lowest BCUT2D eigenvalue weighted by Crippen LogP contribution is -2.33. The van der Waals surface area contributed by atoms with E-state index in [1.165, 1.54) is 114 Å². The molecule has 86 heavy (non-hydrogen) atoms. The Labute approximate surface area is 499 Å². The van der Waals surface area contributed by atoms with E-state index in [0.29, 0.717) is 63.6 Å². The van der Waals surface area contributed by atoms with Gasteiger partial charge in [0.2, 0.25) is 7.37 Å². The van der Waals surface area contributed by atoms with Crippen LogP contribution in [0.3, 0.4) is 0 Å². The van der Waals surface area contributed by atoms with E-state index in [2.05, 4.69) is 28.8 Å². The molecule has 0 aliphatic heterocycles. The average molecular weight is 1330 g/mol. The van der Waals surface area contributed by atoms with Gasteiger partial charge in [0.05, 0.1) is 85.5 Å². The number of hydrogen-bond acceptors (Lipinski definition) is 14. The first-order chi connectivity index (χ1) is 40.1. The highest BCUT2D eigenvalue weighted by molar-refractivity contribution is 7.73. The second-order valence-corrected chi connectivity index (χ2v) is 34.0. The Bertz CT molecular complexity index is 3290. The first-order valence-electron chi connectivity index (χ1n) is 28.3. The van der Waals surface area contributed by atoms with Gasteiger partial charge in [-0.3, -0.25) is 27.4 Å². The Kier molecular flexibility index (Phi) is 29.1. The van der Waals surface area contributed by atoms with Crippen LogP contribution in [-0.4, -0.2) is 135 Å². The van der Waals surface area contributed by atoms with Gasteiger partial charge in [0.25, 0.3) is 10.2 Å². The van der Waals surface area contributed by atoms with Gasteiger partial charge in [0, 0.05) is 31.4 Å². The Balaban J connectivity index is 0.000000283. The zero-order valence-corrected chi connectivity index (χ0v) is 54.2. The Morgan fingerprint density at radius 1 is 0.442 bits per heavy atom. The number of nitrogens with zero attached hydrogens (tertiary/aromatic N) is 6. The fourth-order valence-electron chi connectivity index (χ4n) is 9.09. The van der Waals surface area contributed by atoms with Crippen LogP contribution in [0.2, 0.25) is 0 Å². The van der Waals surface area contributed by atoms with Crippen molar-refractivity contribution in [2.24, 2.45) is 0 Å². The number of rotatable bonds is 36. The zero-order valence-electron chi connectivity index (χ0n) is 48.8. The summed E-state index contributed by atoms with van der Waals surface area (Å²) in [7, 11) is -29.4. The second-order valence-electron chi connectivity index (χ2n) is 21.2. The lowest BCUT2D eigenvalue weighted by molar-refractivity contribution is 0.116. The van der Waals surface area contributed by atoms with Gasteiger partial charge in [0.15, 0.2) is 5.40 Å². The van der Waals surface area contributed by atoms with Gasteiger partial charge in [-0.1, -0.05) is 123 Å². The predicted octanol–water partition coefficient (Wildman–Crippen LogP) is 9.73. The largest absolute Gasteiger partial charge is 0.497 e. The molecule has 2 atom stereocenters. The van der Waals surface area contributed by atoms with Crippen molar-refractivity contribution in [3.63, 3.8) is 0 Å². The second kappa shape index (κ2) is 33.4. The molecule has 0 fully saturated rings. The van der Waals surface area contributed by atoms with E-state index in [4.69, 9.17) is 14.2 Å². The first kappa shape index (κ1) is 74.8. The summed E-state index contributed by atoms with van der Waals surface area (Å²) in [6, 6.07) is 14.7. The number of aliphatic hydroxyl groups is 2. The average Bonchev–Trinajstić information content (AvgIpc) is 1.29. The summed E-state index contributed by atoms with van der Waals surface area (Å²) in [4.78, 5) is 115. The molecule has 3 heterocycles. The molecular formula is C52H86N6O22P6. The summed E-state index contributed by atoms with van der Waals surface area (Å²) in [6.45, 7) is 4.15. The van der Waals surface area contributed by atoms with Crippen LogP contribution in [0, 0.1) is 0 Å². The maximum absolute atomic E-state index is 11.7. The molecule has 0 aliphatic rings. The molecule has 2 unspecified atom stereocenters. The van der Waals surface area contributed by atoms with Gasteiger partial charge < -0.3 is 92.0 Å². The summed E-state index contributed by atoms with van der Waals surface area (Å²) >= 11 is 0. The quantitative estimate of drug-likeness (QED) is 0.0128. The number of ether oxygens (including phenoxy) is 3. The molecule has 0 amide bonds. The highest BCUT2D eigenvalue weighted by Crippen LogP contribution is 2.69. The molecule has 0 saturated heterocycles. The number of imidazole rings is 3. The Morgan fingerprint density at radius 2 is 0.733 bits per heavy atom. The maximum Gasteiger partial charge on any atom is 0.371 e. The number of benzene rings is 3. The number of fused-ring (bicyclic) bond motifs is 3. The molecule has 0 saturated carbocycles. The van der Waals surface area contributed by atoms with E-state index in [1.54, 1.807) is 54.6 Å². The van der Waals surface area contributed by atoms with Crippen molar-refractivity contribution in [2.45, 2.75) is 171 Å². The van der Waals surface area contributed by atoms with Gasteiger partial charge in [-0.15, -0.1) is 0 Å². The van der Waals surface area contributed by atoms with Gasteiger partial charge in [-0.05, 0) is 49.2 Å². The van der Waals surface area contributed by atoms with Crippen molar-refractivity contribution in [3.05, 3.63) is 73.6 Å². The highest BCUT2D eigenvalue weighted by Gasteiger charge is 2.61. The molecule has 0 aliphatic carbocycles. The number of hydrogen-bond donors (Lipinski definition) is 13. The van der Waals surface area contributed by atoms with Gasteiger partial charge in [-0.2, -0.15) is 0 Å². The van der Waals surface area contributed by atoms with Crippen LogP contribution in [0.1, 0.15) is 136 Å². The lowest BCUT2D eigenvalue weighted by atomic mass is 10.1. The molecule has 6 rings (SSSR count). The minimum Gasteiger partial charge on any atom is -0.497 e. The summed E-state index contributed by atoms with van der Waals surface area (Å²) in [5.41, 5.74) is 2.69. The molecule has 6 aromatic rings. The molecule has 0 spiro atoms. The van der Waals surface area contributed by atoms with Crippen molar-refractivity contribution in [1.29, 1.82) is 0 Å². The van der Waals surface area contributed by atoms with Crippen LogP contribution >= 0.6 is 45.3 Å². The topological polar surface area (TPSA) is 447 Å². The van der Waals surface area contributed by atoms with Crippen LogP contribution in [0.25, 0.3) is 33.1 Å². The molecule has 13 N–H and O–H groups in total. The van der Waals surface area contributed by atoms with Gasteiger partial charge >= 0.3 is 38.0 Å². The molecule has 486 valence electrons. The fraction of sp³-hybridized carbons (Fsp3) is 0.596. The predicted molar refractivity (Wildman–Crippen MR) is 325 cm³/mol. The number of unbranched alkanes of at least 4 members (excludes halogenated alkanes) is 17. The van der Waals surface area contributed by atoms with Crippen molar-refractivity contribution in [2.75, 3.05) is 27.0 Å². The third-order valence-corrected chi connectivity index (χ3v) is 26.1. The van der Waals surface area contributed by atoms with E-state index in [9.17, 15) is 91.4 Å². The van der Waals surface area contributed by atoms with Crippen molar-refractivity contribution in [1.82, 2.24) is 28.7 Å². The van der Waals surface area contributed by atoms with Crippen LogP contribution in [0.4, 0.5) is 0 Å². The van der Waals surface area contributed by atoms with E-state index < -0.39 is 74.0 Å². The van der Waals surface area contributed by atoms with Crippen molar-refractivity contribution < 1.29 is 106 Å². The standard InChI is InChI=1S/C21H36N2O8P2.C20H34N2O8P2.C11H16N2O6P2/c1-2-3-4-5-6-7-8-9-10-11-14-31-18-12-13-20-19(15-18)22-17-23(20)16-21(24,32(25,26)27)33(28,29)30;1-2-3-4-5-6-7-8-9-10-13-30-17-11-12-19-18(14-17)21-16-22(19)15-20(23,31(24,25)26)32(27,28)29;1-19-8-3-4-10-9(5-8)12-7-13(10)6-11(20(2,14)15)21(16,17)18/h12-13,15,17,24H,2-11,14,16H2,1H3,(H2,25,26,27)(H2,28,29,30);11-12,14,16,23H,2-10,13,15H2,1H3,(H2,24,25,26)(H2,27,28,29);3-5,7,11H,6H2,1-2H3,(H,14,15)(H2,16,17,18). The van der Waals surface area contributed by atoms with E-state index in [1.807, 2.05) is 0 Å². The van der Waals surface area contributed by atoms with Crippen LogP contribution in [0.15, 0.2) is 73.6 Å². The van der Waals surface area contributed by atoms with Crippen molar-refractivity contribution in [3.8, 4) is 17.2 Å². The zero-order chi connectivity index (χ0) is 64.2. The maximum atomic E-state index is 11.7. The normalized spacial score (nSPS) is 13.9. The van der Waals surface area contributed by atoms with E-state index in [-0.39, 0.29) is 6.54 Å². The third-order valence-electron chi connectivity index (χ3n) is 14.2. The molecule has 3 aromatic carbocycles. The van der Waals surface area contributed by atoms with Gasteiger partial charge in [0.1, 0.15) is 17.2 Å². The fourth-order valence-corrected chi connectivity index (χ4v) is 16.3.